The molecule has 2 rings (SSSR count). The van der Waals surface area contributed by atoms with E-state index in [0.29, 0.717) is 11.3 Å². The van der Waals surface area contributed by atoms with Gasteiger partial charge in [-0.15, -0.1) is 11.3 Å². The first-order chi connectivity index (χ1) is 9.61. The molecule has 2 aromatic rings. The minimum Gasteiger partial charge on any atom is -0.465 e. The normalized spacial score (nSPS) is 11.9. The van der Waals surface area contributed by atoms with Crippen LogP contribution in [0.2, 0.25) is 0 Å². The molecule has 0 aliphatic heterocycles. The molecule has 1 aromatic heterocycles. The first-order valence-corrected chi connectivity index (χ1v) is 7.25. The van der Waals surface area contributed by atoms with E-state index < -0.39 is 5.97 Å². The molecular weight excluding hydrogens is 272 g/mol. The Kier molecular flexibility index (Phi) is 4.63. The molecule has 0 spiro atoms. The van der Waals surface area contributed by atoms with Crippen LogP contribution in [-0.4, -0.2) is 19.1 Å². The van der Waals surface area contributed by atoms with E-state index in [-0.39, 0.29) is 6.04 Å². The molecule has 0 radical (unpaired) electrons. The number of para-hydroxylation sites is 1. The number of methoxy groups -OCH3 is 1. The summed E-state index contributed by atoms with van der Waals surface area (Å²) in [6, 6.07) is 9.70. The number of nitrogens with two attached hydrogens (primary N) is 1. The summed E-state index contributed by atoms with van der Waals surface area (Å²) in [5, 5.41) is 5.41. The maximum absolute atomic E-state index is 11.6. The molecule has 0 saturated carbocycles. The zero-order chi connectivity index (χ0) is 14.5. The number of thiophene rings is 1. The molecule has 0 aliphatic rings. The lowest BCUT2D eigenvalue weighted by Crippen LogP contribution is -2.19. The van der Waals surface area contributed by atoms with Crippen molar-refractivity contribution >= 4 is 28.7 Å². The van der Waals surface area contributed by atoms with E-state index in [1.165, 1.54) is 12.0 Å². The Morgan fingerprint density at radius 2 is 2.20 bits per heavy atom. The van der Waals surface area contributed by atoms with Gasteiger partial charge in [0.2, 0.25) is 0 Å². The third kappa shape index (κ3) is 3.30. The number of esters is 1. The standard InChI is InChI=1S/C15H18N2O2S/c1-10(9-11-5-4-8-20-11)17-13-7-3-6-12(14(13)16)15(18)19-2/h3-8,10,17H,9,16H2,1-2H3. The topological polar surface area (TPSA) is 64.3 Å². The summed E-state index contributed by atoms with van der Waals surface area (Å²) >= 11 is 1.73. The third-order valence-corrected chi connectivity index (χ3v) is 3.90. The second kappa shape index (κ2) is 6.43. The highest BCUT2D eigenvalue weighted by atomic mass is 32.1. The van der Waals surface area contributed by atoms with Crippen molar-refractivity contribution in [1.82, 2.24) is 0 Å². The van der Waals surface area contributed by atoms with Crippen LogP contribution in [-0.2, 0) is 11.2 Å². The maximum Gasteiger partial charge on any atom is 0.340 e. The molecule has 1 heterocycles. The van der Waals surface area contributed by atoms with Gasteiger partial charge in [0.15, 0.2) is 0 Å². The molecule has 0 bridgehead atoms. The predicted molar refractivity (Wildman–Crippen MR) is 83.3 cm³/mol. The maximum atomic E-state index is 11.6. The number of nitrogens with one attached hydrogen (secondary N) is 1. The first kappa shape index (κ1) is 14.4. The molecule has 4 nitrogen and oxygen atoms in total. The van der Waals surface area contributed by atoms with Crippen molar-refractivity contribution in [2.24, 2.45) is 0 Å². The lowest BCUT2D eigenvalue weighted by Gasteiger charge is -2.17. The van der Waals surface area contributed by atoms with Crippen LogP contribution in [0.1, 0.15) is 22.2 Å². The van der Waals surface area contributed by atoms with Gasteiger partial charge in [-0.25, -0.2) is 4.79 Å². The summed E-state index contributed by atoms with van der Waals surface area (Å²) in [5.74, 6) is -0.419. The highest BCUT2D eigenvalue weighted by Crippen LogP contribution is 2.25. The van der Waals surface area contributed by atoms with E-state index in [2.05, 4.69) is 23.7 Å². The van der Waals surface area contributed by atoms with Gasteiger partial charge in [-0.1, -0.05) is 12.1 Å². The van der Waals surface area contributed by atoms with Gasteiger partial charge in [0, 0.05) is 17.3 Å². The first-order valence-electron chi connectivity index (χ1n) is 6.37. The number of rotatable bonds is 5. The van der Waals surface area contributed by atoms with E-state index in [1.54, 1.807) is 23.5 Å². The van der Waals surface area contributed by atoms with Crippen LogP contribution >= 0.6 is 11.3 Å². The van der Waals surface area contributed by atoms with Gasteiger partial charge < -0.3 is 15.8 Å². The fourth-order valence-electron chi connectivity index (χ4n) is 2.03. The summed E-state index contributed by atoms with van der Waals surface area (Å²) in [6.07, 6.45) is 0.916. The molecule has 0 amide bonds. The van der Waals surface area contributed by atoms with Gasteiger partial charge >= 0.3 is 5.97 Å². The van der Waals surface area contributed by atoms with E-state index in [9.17, 15) is 4.79 Å². The molecule has 0 saturated heterocycles. The quantitative estimate of drug-likeness (QED) is 0.656. The number of hydrogen-bond donors (Lipinski definition) is 2. The highest BCUT2D eigenvalue weighted by Gasteiger charge is 2.14. The number of ether oxygens (including phenoxy) is 1. The lowest BCUT2D eigenvalue weighted by atomic mass is 10.1. The Morgan fingerprint density at radius 1 is 1.40 bits per heavy atom. The van der Waals surface area contributed by atoms with E-state index >= 15 is 0 Å². The smallest absolute Gasteiger partial charge is 0.340 e. The molecule has 1 atom stereocenters. The van der Waals surface area contributed by atoms with Gasteiger partial charge in [0.1, 0.15) is 0 Å². The van der Waals surface area contributed by atoms with Crippen LogP contribution in [0.3, 0.4) is 0 Å². The summed E-state index contributed by atoms with van der Waals surface area (Å²) in [5.41, 5.74) is 7.60. The highest BCUT2D eigenvalue weighted by molar-refractivity contribution is 7.09. The Bertz CT molecular complexity index is 582. The van der Waals surface area contributed by atoms with Gasteiger partial charge in [0.25, 0.3) is 0 Å². The zero-order valence-electron chi connectivity index (χ0n) is 11.6. The molecule has 20 heavy (non-hydrogen) atoms. The van der Waals surface area contributed by atoms with Crippen molar-refractivity contribution in [2.45, 2.75) is 19.4 Å². The van der Waals surface area contributed by atoms with Crippen molar-refractivity contribution < 1.29 is 9.53 Å². The SMILES string of the molecule is COC(=O)c1cccc(NC(C)Cc2cccs2)c1N. The third-order valence-electron chi connectivity index (χ3n) is 3.00. The second-order valence-electron chi connectivity index (χ2n) is 4.59. The molecule has 0 aliphatic carbocycles. The van der Waals surface area contributed by atoms with Gasteiger partial charge in [-0.2, -0.15) is 0 Å². The molecule has 1 aromatic carbocycles. The van der Waals surface area contributed by atoms with Crippen LogP contribution < -0.4 is 11.1 Å². The average molecular weight is 290 g/mol. The van der Waals surface area contributed by atoms with Crippen LogP contribution in [0, 0.1) is 0 Å². The summed E-state index contributed by atoms with van der Waals surface area (Å²) in [7, 11) is 1.35. The van der Waals surface area contributed by atoms with Gasteiger partial charge in [0.05, 0.1) is 24.0 Å². The Morgan fingerprint density at radius 3 is 2.85 bits per heavy atom. The summed E-state index contributed by atoms with van der Waals surface area (Å²) < 4.78 is 4.72. The molecule has 0 fully saturated rings. The predicted octanol–water partition coefficient (Wildman–Crippen LogP) is 3.16. The van der Waals surface area contributed by atoms with Crippen molar-refractivity contribution in [3.8, 4) is 0 Å². The second-order valence-corrected chi connectivity index (χ2v) is 5.62. The number of anilines is 2. The number of nitrogen functional groups attached to an aromatic ring is 1. The van der Waals surface area contributed by atoms with Crippen LogP contribution in [0.25, 0.3) is 0 Å². The Balaban J connectivity index is 2.11. The van der Waals surface area contributed by atoms with Crippen LogP contribution in [0.4, 0.5) is 11.4 Å². The number of carbonyl (C=O) groups is 1. The van der Waals surface area contributed by atoms with Gasteiger partial charge in [-0.3, -0.25) is 0 Å². The van der Waals surface area contributed by atoms with E-state index in [0.717, 1.165) is 12.1 Å². The minimum absolute atomic E-state index is 0.226. The monoisotopic (exact) mass is 290 g/mol. The Hall–Kier alpha value is -2.01. The van der Waals surface area contributed by atoms with Crippen LogP contribution in [0.5, 0.6) is 0 Å². The van der Waals surface area contributed by atoms with E-state index in [4.69, 9.17) is 10.5 Å². The Labute approximate surface area is 122 Å². The van der Waals surface area contributed by atoms with Crippen molar-refractivity contribution in [1.29, 1.82) is 0 Å². The number of carbonyl (C=O) groups excluding carboxylic acids is 1. The largest absolute Gasteiger partial charge is 0.465 e. The van der Waals surface area contributed by atoms with Crippen molar-refractivity contribution in [3.05, 3.63) is 46.2 Å². The average Bonchev–Trinajstić information content (AvgIpc) is 2.93. The molecule has 5 heteroatoms. The van der Waals surface area contributed by atoms with Crippen molar-refractivity contribution in [2.75, 3.05) is 18.2 Å². The number of hydrogen-bond acceptors (Lipinski definition) is 5. The molecule has 1 unspecified atom stereocenters. The fraction of sp³-hybridized carbons (Fsp3) is 0.267. The summed E-state index contributed by atoms with van der Waals surface area (Å²) in [6.45, 7) is 2.09. The zero-order valence-corrected chi connectivity index (χ0v) is 12.4. The van der Waals surface area contributed by atoms with E-state index in [1.807, 2.05) is 12.1 Å². The van der Waals surface area contributed by atoms with Gasteiger partial charge in [-0.05, 0) is 30.5 Å². The summed E-state index contributed by atoms with van der Waals surface area (Å²) in [4.78, 5) is 12.9. The fourth-order valence-corrected chi connectivity index (χ4v) is 2.86. The minimum atomic E-state index is -0.419. The molecular formula is C15H18N2O2S. The number of benzene rings is 1. The molecule has 106 valence electrons. The van der Waals surface area contributed by atoms with Crippen LogP contribution in [0.15, 0.2) is 35.7 Å². The molecule has 3 N–H and O–H groups in total. The van der Waals surface area contributed by atoms with Crippen molar-refractivity contribution in [3.63, 3.8) is 0 Å². The lowest BCUT2D eigenvalue weighted by molar-refractivity contribution is 0.0602.